The van der Waals surface area contributed by atoms with Crippen LogP contribution in [0.15, 0.2) is 36.5 Å². The van der Waals surface area contributed by atoms with Crippen molar-refractivity contribution in [3.8, 4) is 0 Å². The fourth-order valence-corrected chi connectivity index (χ4v) is 3.65. The van der Waals surface area contributed by atoms with Gasteiger partial charge in [-0.2, -0.15) is 13.2 Å². The molecule has 11 heteroatoms. The predicted octanol–water partition coefficient (Wildman–Crippen LogP) is 5.06. The molecule has 0 atom stereocenters. The van der Waals surface area contributed by atoms with E-state index in [0.717, 1.165) is 12.1 Å². The Bertz CT molecular complexity index is 1050. The van der Waals surface area contributed by atoms with Crippen molar-refractivity contribution in [2.45, 2.75) is 39.1 Å². The maximum absolute atomic E-state index is 13.5. The average molecular weight is 499 g/mol. The largest absolute Gasteiger partial charge is 0.444 e. The Hall–Kier alpha value is -2.85. The molecule has 0 bridgehead atoms. The van der Waals surface area contributed by atoms with E-state index in [1.807, 2.05) is 4.90 Å². The Morgan fingerprint density at radius 3 is 2.38 bits per heavy atom. The summed E-state index contributed by atoms with van der Waals surface area (Å²) < 4.78 is 45.9. The molecule has 1 aliphatic heterocycles. The summed E-state index contributed by atoms with van der Waals surface area (Å²) in [6, 6.07) is 6.38. The molecular formula is C23H26ClF3N4O3. The lowest BCUT2D eigenvalue weighted by Crippen LogP contribution is -2.49. The predicted molar refractivity (Wildman–Crippen MR) is 122 cm³/mol. The van der Waals surface area contributed by atoms with Gasteiger partial charge >= 0.3 is 12.3 Å². The summed E-state index contributed by atoms with van der Waals surface area (Å²) in [5, 5.41) is 2.44. The van der Waals surface area contributed by atoms with Crippen molar-refractivity contribution >= 4 is 29.3 Å². The number of piperazine rings is 1. The monoisotopic (exact) mass is 498 g/mol. The number of carbonyl (C=O) groups excluding carboxylic acids is 2. The van der Waals surface area contributed by atoms with Crippen LogP contribution in [0.2, 0.25) is 5.15 Å². The normalized spacial score (nSPS) is 15.2. The van der Waals surface area contributed by atoms with E-state index in [4.69, 9.17) is 16.3 Å². The number of halogens is 4. The summed E-state index contributed by atoms with van der Waals surface area (Å²) >= 11 is 5.92. The van der Waals surface area contributed by atoms with Crippen molar-refractivity contribution in [1.29, 1.82) is 0 Å². The molecule has 7 nitrogen and oxygen atoms in total. The molecule has 2 amide bonds. The number of pyridine rings is 1. The second kappa shape index (κ2) is 10.2. The molecule has 1 N–H and O–H groups in total. The molecule has 0 unspecified atom stereocenters. The van der Waals surface area contributed by atoms with Gasteiger partial charge in [0.15, 0.2) is 0 Å². The van der Waals surface area contributed by atoms with Crippen molar-refractivity contribution in [3.63, 3.8) is 0 Å². The van der Waals surface area contributed by atoms with E-state index in [0.29, 0.717) is 31.7 Å². The molecule has 2 aromatic rings. The standard InChI is InChI=1S/C23H26ClF3N4O3/c1-22(2,3)34-21(33)31-9-7-30(8-10-31)14-15-11-16(23(25,26)27)13-17(12-15)29-20(32)18-5-4-6-28-19(18)24/h4-6,11-13H,7-10,14H2,1-3H3,(H,29,32). The number of rotatable bonds is 4. The van der Waals surface area contributed by atoms with Crippen LogP contribution in [-0.4, -0.2) is 58.6 Å². The molecular weight excluding hydrogens is 473 g/mol. The van der Waals surface area contributed by atoms with Crippen LogP contribution < -0.4 is 5.32 Å². The zero-order chi connectivity index (χ0) is 25.1. The molecule has 3 rings (SSSR count). The number of hydrogen-bond acceptors (Lipinski definition) is 5. The van der Waals surface area contributed by atoms with Crippen LogP contribution in [0, 0.1) is 0 Å². The number of nitrogens with one attached hydrogen (secondary N) is 1. The SMILES string of the molecule is CC(C)(C)OC(=O)N1CCN(Cc2cc(NC(=O)c3cccnc3Cl)cc(C(F)(F)F)c2)CC1. The highest BCUT2D eigenvalue weighted by Gasteiger charge is 2.32. The molecule has 2 heterocycles. The van der Waals surface area contributed by atoms with Gasteiger partial charge in [0.1, 0.15) is 10.8 Å². The van der Waals surface area contributed by atoms with Gasteiger partial charge < -0.3 is 15.0 Å². The quantitative estimate of drug-likeness (QED) is 0.596. The molecule has 0 radical (unpaired) electrons. The van der Waals surface area contributed by atoms with Crippen LogP contribution in [0.1, 0.15) is 42.3 Å². The lowest BCUT2D eigenvalue weighted by molar-refractivity contribution is -0.137. The number of alkyl halides is 3. The second-order valence-electron chi connectivity index (χ2n) is 8.96. The zero-order valence-electron chi connectivity index (χ0n) is 19.1. The van der Waals surface area contributed by atoms with E-state index in [9.17, 15) is 22.8 Å². The first-order valence-electron chi connectivity index (χ1n) is 10.6. The molecule has 0 aliphatic carbocycles. The number of hydrogen-bond donors (Lipinski definition) is 1. The fourth-order valence-electron chi connectivity index (χ4n) is 3.45. The highest BCUT2D eigenvalue weighted by Crippen LogP contribution is 2.32. The Morgan fingerprint density at radius 1 is 1.12 bits per heavy atom. The number of ether oxygens (including phenoxy) is 1. The number of benzene rings is 1. The van der Waals surface area contributed by atoms with Gasteiger partial charge in [-0.3, -0.25) is 9.69 Å². The van der Waals surface area contributed by atoms with Crippen LogP contribution >= 0.6 is 11.6 Å². The van der Waals surface area contributed by atoms with Crippen molar-refractivity contribution in [1.82, 2.24) is 14.8 Å². The Balaban J connectivity index is 1.71. The topological polar surface area (TPSA) is 74.8 Å². The number of amides is 2. The van der Waals surface area contributed by atoms with Crippen LogP contribution in [-0.2, 0) is 17.5 Å². The molecule has 1 aromatic heterocycles. The van der Waals surface area contributed by atoms with Crippen LogP contribution in [0.3, 0.4) is 0 Å². The third kappa shape index (κ3) is 7.07. The van der Waals surface area contributed by atoms with Crippen molar-refractivity contribution in [3.05, 3.63) is 58.4 Å². The fraction of sp³-hybridized carbons (Fsp3) is 0.435. The van der Waals surface area contributed by atoms with Crippen molar-refractivity contribution in [2.75, 3.05) is 31.5 Å². The molecule has 184 valence electrons. The second-order valence-corrected chi connectivity index (χ2v) is 9.31. The van der Waals surface area contributed by atoms with Gasteiger partial charge in [0.05, 0.1) is 11.1 Å². The van der Waals surface area contributed by atoms with E-state index in [1.165, 1.54) is 24.4 Å². The summed E-state index contributed by atoms with van der Waals surface area (Å²) in [6.07, 6.45) is -3.59. The van der Waals surface area contributed by atoms with Crippen LogP contribution in [0.4, 0.5) is 23.7 Å². The van der Waals surface area contributed by atoms with Gasteiger partial charge in [0.2, 0.25) is 0 Å². The molecule has 1 aromatic carbocycles. The minimum atomic E-state index is -4.59. The first-order valence-corrected chi connectivity index (χ1v) is 11.0. The summed E-state index contributed by atoms with van der Waals surface area (Å²) in [4.78, 5) is 32.1. The van der Waals surface area contributed by atoms with E-state index in [2.05, 4.69) is 10.3 Å². The number of aromatic nitrogens is 1. The van der Waals surface area contributed by atoms with Gasteiger partial charge in [-0.15, -0.1) is 0 Å². The van der Waals surface area contributed by atoms with Crippen LogP contribution in [0.25, 0.3) is 0 Å². The Labute approximate surface area is 200 Å². The Kier molecular flexibility index (Phi) is 7.72. The Morgan fingerprint density at radius 2 is 1.79 bits per heavy atom. The third-order valence-electron chi connectivity index (χ3n) is 5.01. The smallest absolute Gasteiger partial charge is 0.416 e. The lowest BCUT2D eigenvalue weighted by atomic mass is 10.1. The first kappa shape index (κ1) is 25.8. The number of anilines is 1. The minimum Gasteiger partial charge on any atom is -0.444 e. The summed E-state index contributed by atoms with van der Waals surface area (Å²) in [6.45, 7) is 7.33. The number of nitrogens with zero attached hydrogens (tertiary/aromatic N) is 3. The molecule has 1 fully saturated rings. The van der Waals surface area contributed by atoms with Gasteiger partial charge in [0.25, 0.3) is 5.91 Å². The van der Waals surface area contributed by atoms with Crippen molar-refractivity contribution < 1.29 is 27.5 Å². The molecule has 0 spiro atoms. The lowest BCUT2D eigenvalue weighted by Gasteiger charge is -2.35. The highest BCUT2D eigenvalue weighted by molar-refractivity contribution is 6.33. The summed E-state index contributed by atoms with van der Waals surface area (Å²) in [5.74, 6) is -0.658. The molecule has 34 heavy (non-hydrogen) atoms. The van der Waals surface area contributed by atoms with E-state index < -0.39 is 29.3 Å². The zero-order valence-corrected chi connectivity index (χ0v) is 19.8. The third-order valence-corrected chi connectivity index (χ3v) is 5.31. The van der Waals surface area contributed by atoms with E-state index >= 15 is 0 Å². The average Bonchev–Trinajstić information content (AvgIpc) is 2.72. The van der Waals surface area contributed by atoms with E-state index in [1.54, 1.807) is 25.7 Å². The first-order chi connectivity index (χ1) is 15.8. The summed E-state index contributed by atoms with van der Waals surface area (Å²) in [7, 11) is 0. The minimum absolute atomic E-state index is 0.00198. The molecule has 1 saturated heterocycles. The maximum atomic E-state index is 13.5. The van der Waals surface area contributed by atoms with Gasteiger partial charge in [-0.1, -0.05) is 11.6 Å². The maximum Gasteiger partial charge on any atom is 0.416 e. The van der Waals surface area contributed by atoms with Gasteiger partial charge in [-0.25, -0.2) is 9.78 Å². The van der Waals surface area contributed by atoms with Crippen LogP contribution in [0.5, 0.6) is 0 Å². The number of carbonyl (C=O) groups is 2. The van der Waals surface area contributed by atoms with Gasteiger partial charge in [-0.05, 0) is 56.7 Å². The highest BCUT2D eigenvalue weighted by atomic mass is 35.5. The van der Waals surface area contributed by atoms with Crippen molar-refractivity contribution in [2.24, 2.45) is 0 Å². The molecule has 1 aliphatic rings. The van der Waals surface area contributed by atoms with Gasteiger partial charge in [0, 0.05) is 44.6 Å². The molecule has 0 saturated carbocycles. The van der Waals surface area contributed by atoms with E-state index in [-0.39, 0.29) is 22.9 Å². The summed E-state index contributed by atoms with van der Waals surface area (Å²) in [5.41, 5.74) is -1.03.